The van der Waals surface area contributed by atoms with Gasteiger partial charge in [0.15, 0.2) is 0 Å². The van der Waals surface area contributed by atoms with E-state index in [4.69, 9.17) is 0 Å². The van der Waals surface area contributed by atoms with Gasteiger partial charge in [-0.25, -0.2) is 12.7 Å². The molecule has 2 aliphatic heterocycles. The number of sulfonamides is 1. The molecule has 0 N–H and O–H groups in total. The fraction of sp³-hybridized carbons (Fsp3) is 0.379. The molecular weight excluding hydrogens is 488 g/mol. The Morgan fingerprint density at radius 3 is 2.22 bits per heavy atom. The number of rotatable bonds is 8. The van der Waals surface area contributed by atoms with E-state index in [1.807, 2.05) is 36.4 Å². The van der Waals surface area contributed by atoms with Crippen molar-refractivity contribution in [1.29, 1.82) is 0 Å². The summed E-state index contributed by atoms with van der Waals surface area (Å²) >= 11 is 0. The molecule has 5 rings (SSSR count). The van der Waals surface area contributed by atoms with Crippen LogP contribution >= 0.6 is 0 Å². The molecule has 0 aromatic heterocycles. The Bertz CT molecular complexity index is 1300. The summed E-state index contributed by atoms with van der Waals surface area (Å²) < 4.78 is 40.6. The van der Waals surface area contributed by atoms with Crippen molar-refractivity contribution < 1.29 is 12.6 Å². The zero-order chi connectivity index (χ0) is 25.2. The highest BCUT2D eigenvalue weighted by molar-refractivity contribution is 7.89. The van der Waals surface area contributed by atoms with Crippen molar-refractivity contribution in [2.45, 2.75) is 40.4 Å². The molecule has 1 saturated heterocycles. The number of fused-ring (bicyclic) bond motifs is 2. The van der Waals surface area contributed by atoms with Gasteiger partial charge >= 0.3 is 0 Å². The van der Waals surface area contributed by atoms with Crippen molar-refractivity contribution in [3.8, 4) is 0 Å². The van der Waals surface area contributed by atoms with Gasteiger partial charge in [-0.1, -0.05) is 66.7 Å². The standard InChI is InChI=1S/C29H34N2O3S2/c1-30(36(33,34)26-12-6-3-7-13-26)22-25(24-10-4-2-5-11-24)16-19-31-20-17-29(18-21-31)23-35(32)28-15-9-8-14-27(28)29/h2-15,25H,16-23H2,1H3/t25-,35?/m0/s1. The highest BCUT2D eigenvalue weighted by Gasteiger charge is 2.44. The van der Waals surface area contributed by atoms with Gasteiger partial charge in [-0.05, 0) is 74.1 Å². The molecule has 2 aliphatic rings. The van der Waals surface area contributed by atoms with Gasteiger partial charge in [0.05, 0.1) is 15.7 Å². The van der Waals surface area contributed by atoms with Crippen molar-refractivity contribution >= 4 is 20.8 Å². The average molecular weight is 523 g/mol. The first-order valence-electron chi connectivity index (χ1n) is 12.7. The second-order valence-corrected chi connectivity index (χ2v) is 13.6. The minimum absolute atomic E-state index is 0.0424. The van der Waals surface area contributed by atoms with Crippen LogP contribution in [-0.2, 0) is 26.2 Å². The van der Waals surface area contributed by atoms with E-state index >= 15 is 0 Å². The van der Waals surface area contributed by atoms with Gasteiger partial charge in [0.25, 0.3) is 0 Å². The summed E-state index contributed by atoms with van der Waals surface area (Å²) in [7, 11) is -2.76. The molecule has 0 aliphatic carbocycles. The lowest BCUT2D eigenvalue weighted by atomic mass is 9.74. The lowest BCUT2D eigenvalue weighted by Crippen LogP contribution is -2.44. The summed E-state index contributed by atoms with van der Waals surface area (Å²) in [5.74, 6) is 0.847. The van der Waals surface area contributed by atoms with E-state index in [1.165, 1.54) is 15.4 Å². The van der Waals surface area contributed by atoms with E-state index in [0.717, 1.165) is 49.5 Å². The largest absolute Gasteiger partial charge is 0.303 e. The predicted molar refractivity (Wildman–Crippen MR) is 145 cm³/mol. The van der Waals surface area contributed by atoms with Gasteiger partial charge in [-0.15, -0.1) is 0 Å². The van der Waals surface area contributed by atoms with Gasteiger partial charge in [0, 0.05) is 29.7 Å². The molecule has 190 valence electrons. The lowest BCUT2D eigenvalue weighted by molar-refractivity contribution is 0.165. The number of hydrogen-bond donors (Lipinski definition) is 0. The Hall–Kier alpha value is -2.32. The van der Waals surface area contributed by atoms with E-state index in [-0.39, 0.29) is 11.3 Å². The van der Waals surface area contributed by atoms with E-state index in [2.05, 4.69) is 29.2 Å². The van der Waals surface area contributed by atoms with Gasteiger partial charge in [-0.2, -0.15) is 0 Å². The molecule has 7 heteroatoms. The van der Waals surface area contributed by atoms with Gasteiger partial charge in [0.2, 0.25) is 10.0 Å². The number of hydrogen-bond acceptors (Lipinski definition) is 4. The molecule has 1 spiro atoms. The third-order valence-electron chi connectivity index (χ3n) is 7.92. The fourth-order valence-electron chi connectivity index (χ4n) is 5.74. The van der Waals surface area contributed by atoms with E-state index in [0.29, 0.717) is 11.4 Å². The molecule has 0 bridgehead atoms. The first-order valence-corrected chi connectivity index (χ1v) is 15.4. The summed E-state index contributed by atoms with van der Waals surface area (Å²) in [5.41, 5.74) is 2.50. The monoisotopic (exact) mass is 522 g/mol. The second kappa shape index (κ2) is 10.6. The number of likely N-dealkylation sites (N-methyl/N-ethyl adjacent to an activating group) is 1. The number of nitrogens with zero attached hydrogens (tertiary/aromatic N) is 2. The fourth-order valence-corrected chi connectivity index (χ4v) is 8.83. The first-order chi connectivity index (χ1) is 17.4. The molecule has 1 unspecified atom stereocenters. The topological polar surface area (TPSA) is 57.7 Å². The molecule has 0 amide bonds. The molecule has 0 radical (unpaired) electrons. The van der Waals surface area contributed by atoms with E-state index < -0.39 is 20.8 Å². The number of likely N-dealkylation sites (tertiary alicyclic amines) is 1. The van der Waals surface area contributed by atoms with Crippen molar-refractivity contribution in [2.75, 3.05) is 39.0 Å². The normalized spacial score (nSPS) is 20.4. The second-order valence-electron chi connectivity index (χ2n) is 10.1. The van der Waals surface area contributed by atoms with Crippen LogP contribution in [0.4, 0.5) is 0 Å². The summed E-state index contributed by atoms with van der Waals surface area (Å²) in [5, 5.41) is 0. The van der Waals surface area contributed by atoms with Crippen molar-refractivity contribution in [1.82, 2.24) is 9.21 Å². The molecule has 0 saturated carbocycles. The Balaban J connectivity index is 1.25. The van der Waals surface area contributed by atoms with Crippen LogP contribution in [0.25, 0.3) is 0 Å². The third-order valence-corrected chi connectivity index (χ3v) is 11.4. The smallest absolute Gasteiger partial charge is 0.242 e. The van der Waals surface area contributed by atoms with E-state index in [1.54, 1.807) is 31.3 Å². The predicted octanol–water partition coefficient (Wildman–Crippen LogP) is 4.64. The Morgan fingerprint density at radius 2 is 1.53 bits per heavy atom. The molecule has 3 aromatic carbocycles. The van der Waals surface area contributed by atoms with Gasteiger partial charge in [0.1, 0.15) is 0 Å². The zero-order valence-electron chi connectivity index (χ0n) is 20.8. The maximum Gasteiger partial charge on any atom is 0.242 e. The number of benzene rings is 3. The summed E-state index contributed by atoms with van der Waals surface area (Å²) in [6.45, 7) is 3.31. The molecule has 2 atom stereocenters. The Labute approximate surface area is 217 Å². The highest BCUT2D eigenvalue weighted by atomic mass is 32.2. The van der Waals surface area contributed by atoms with E-state index in [9.17, 15) is 12.6 Å². The minimum atomic E-state index is -3.54. The van der Waals surface area contributed by atoms with Crippen LogP contribution in [0.1, 0.15) is 36.3 Å². The molecule has 36 heavy (non-hydrogen) atoms. The lowest BCUT2D eigenvalue weighted by Gasteiger charge is -2.40. The maximum absolute atomic E-state index is 13.2. The van der Waals surface area contributed by atoms with Gasteiger partial charge < -0.3 is 4.90 Å². The molecule has 2 heterocycles. The quantitative estimate of drug-likeness (QED) is 0.433. The third kappa shape index (κ3) is 5.07. The van der Waals surface area contributed by atoms with Crippen LogP contribution in [0.5, 0.6) is 0 Å². The molecule has 3 aromatic rings. The van der Waals surface area contributed by atoms with Crippen LogP contribution in [0.15, 0.2) is 94.7 Å². The van der Waals surface area contributed by atoms with Crippen LogP contribution in [0.3, 0.4) is 0 Å². The minimum Gasteiger partial charge on any atom is -0.303 e. The molecule has 1 fully saturated rings. The number of piperidine rings is 1. The summed E-state index contributed by atoms with van der Waals surface area (Å²) in [4.78, 5) is 3.85. The van der Waals surface area contributed by atoms with Crippen LogP contribution < -0.4 is 0 Å². The van der Waals surface area contributed by atoms with Crippen LogP contribution in [-0.4, -0.2) is 60.8 Å². The van der Waals surface area contributed by atoms with Crippen molar-refractivity contribution in [3.05, 3.63) is 96.1 Å². The Morgan fingerprint density at radius 1 is 0.917 bits per heavy atom. The first kappa shape index (κ1) is 25.3. The van der Waals surface area contributed by atoms with Crippen molar-refractivity contribution in [2.24, 2.45) is 0 Å². The maximum atomic E-state index is 13.2. The average Bonchev–Trinajstić information content (AvgIpc) is 3.19. The zero-order valence-corrected chi connectivity index (χ0v) is 22.4. The molecular formula is C29H34N2O3S2. The van der Waals surface area contributed by atoms with Crippen molar-refractivity contribution in [3.63, 3.8) is 0 Å². The van der Waals surface area contributed by atoms with Crippen LogP contribution in [0, 0.1) is 0 Å². The van der Waals surface area contributed by atoms with Crippen LogP contribution in [0.2, 0.25) is 0 Å². The molecule has 5 nitrogen and oxygen atoms in total. The Kier molecular flexibility index (Phi) is 7.45. The SMILES string of the molecule is CN(C[C@H](CCN1CCC2(CC1)CS(=O)c1ccccc12)c1ccccc1)S(=O)(=O)c1ccccc1. The summed E-state index contributed by atoms with van der Waals surface area (Å²) in [6.07, 6.45) is 2.93. The summed E-state index contributed by atoms with van der Waals surface area (Å²) in [6, 6.07) is 27.2. The highest BCUT2D eigenvalue weighted by Crippen LogP contribution is 2.44. The van der Waals surface area contributed by atoms with Gasteiger partial charge in [-0.3, -0.25) is 4.21 Å².